The van der Waals surface area contributed by atoms with Crippen molar-refractivity contribution in [3.05, 3.63) is 65.2 Å². The van der Waals surface area contributed by atoms with Gasteiger partial charge in [0.2, 0.25) is 5.91 Å². The van der Waals surface area contributed by atoms with Crippen molar-refractivity contribution in [1.29, 1.82) is 0 Å². The van der Waals surface area contributed by atoms with Crippen LogP contribution in [0.5, 0.6) is 11.5 Å². The summed E-state index contributed by atoms with van der Waals surface area (Å²) in [5, 5.41) is 5.12. The van der Waals surface area contributed by atoms with E-state index in [0.717, 1.165) is 35.8 Å². The highest BCUT2D eigenvalue weighted by molar-refractivity contribution is 8.02. The van der Waals surface area contributed by atoms with Gasteiger partial charge in [-0.3, -0.25) is 4.79 Å². The highest BCUT2D eigenvalue weighted by atomic mass is 32.2. The smallest absolute Gasteiger partial charge is 0.228 e. The van der Waals surface area contributed by atoms with E-state index >= 15 is 0 Å². The first-order valence-electron chi connectivity index (χ1n) is 15.9. The molecule has 1 aliphatic rings. The van der Waals surface area contributed by atoms with Crippen molar-refractivity contribution < 1.29 is 14.3 Å². The van der Waals surface area contributed by atoms with Gasteiger partial charge in [0.15, 0.2) is 11.5 Å². The summed E-state index contributed by atoms with van der Waals surface area (Å²) in [5.41, 5.74) is 2.94. The minimum atomic E-state index is -0.0465. The lowest BCUT2D eigenvalue weighted by Gasteiger charge is -2.15. The van der Waals surface area contributed by atoms with E-state index in [4.69, 9.17) is 9.47 Å². The van der Waals surface area contributed by atoms with Gasteiger partial charge < -0.3 is 19.7 Å². The zero-order valence-corrected chi connectivity index (χ0v) is 26.3. The van der Waals surface area contributed by atoms with E-state index in [2.05, 4.69) is 40.9 Å². The number of benzene rings is 2. The number of amides is 1. The number of unbranched alkanes of at least 4 members (excludes halogenated alkanes) is 13. The quantitative estimate of drug-likeness (QED) is 0.141. The van der Waals surface area contributed by atoms with Crippen LogP contribution in [0.2, 0.25) is 0 Å². The summed E-state index contributed by atoms with van der Waals surface area (Å²) in [6.45, 7) is 3.85. The Bertz CT molecular complexity index is 1020. The molecule has 41 heavy (non-hydrogen) atoms. The van der Waals surface area contributed by atoms with Crippen molar-refractivity contribution in [3.8, 4) is 11.5 Å². The Morgan fingerprint density at radius 1 is 0.805 bits per heavy atom. The van der Waals surface area contributed by atoms with Crippen LogP contribution in [0.15, 0.2) is 54.1 Å². The lowest BCUT2D eigenvalue weighted by molar-refractivity contribution is -0.115. The Morgan fingerprint density at radius 3 is 2.00 bits per heavy atom. The molecule has 0 radical (unpaired) electrons. The number of anilines is 1. The Kier molecular flexibility index (Phi) is 16.3. The number of thioether (sulfide) groups is 1. The normalized spacial score (nSPS) is 12.6. The molecule has 0 spiro atoms. The average Bonchev–Trinajstić information content (AvgIpc) is 3.49. The second kappa shape index (κ2) is 20.3. The Balaban J connectivity index is 1.25. The maximum Gasteiger partial charge on any atom is 0.228 e. The lowest BCUT2D eigenvalue weighted by atomic mass is 10.0. The molecule has 1 amide bonds. The summed E-state index contributed by atoms with van der Waals surface area (Å²) in [4.78, 5) is 14.9. The first-order chi connectivity index (χ1) is 20.2. The van der Waals surface area contributed by atoms with Crippen molar-refractivity contribution in [2.45, 2.75) is 110 Å². The average molecular weight is 581 g/mol. The molecular formula is C35H52N2O3S. The first kappa shape index (κ1) is 32.9. The van der Waals surface area contributed by atoms with Gasteiger partial charge in [-0.05, 0) is 47.2 Å². The van der Waals surface area contributed by atoms with Gasteiger partial charge in [-0.2, -0.15) is 0 Å². The van der Waals surface area contributed by atoms with Crippen LogP contribution in [-0.4, -0.2) is 30.4 Å². The van der Waals surface area contributed by atoms with Crippen LogP contribution in [0.4, 0.5) is 5.69 Å². The molecule has 0 aromatic heterocycles. The summed E-state index contributed by atoms with van der Waals surface area (Å²) >= 11 is 1.80. The number of hydrogen-bond acceptors (Lipinski definition) is 5. The Hall–Kier alpha value is -2.60. The highest BCUT2D eigenvalue weighted by Crippen LogP contribution is 2.29. The third-order valence-electron chi connectivity index (χ3n) is 7.58. The Labute approximate surface area is 253 Å². The van der Waals surface area contributed by atoms with E-state index in [9.17, 15) is 4.79 Å². The van der Waals surface area contributed by atoms with Crippen LogP contribution < -0.4 is 14.8 Å². The molecule has 1 aliphatic heterocycles. The van der Waals surface area contributed by atoms with Gasteiger partial charge in [-0.15, -0.1) is 11.8 Å². The summed E-state index contributed by atoms with van der Waals surface area (Å²) in [6.07, 6.45) is 21.3. The molecule has 0 bridgehead atoms. The number of ether oxygens (including phenoxy) is 2. The maximum atomic E-state index is 12.7. The van der Waals surface area contributed by atoms with Crippen LogP contribution in [0.25, 0.3) is 0 Å². The molecule has 0 atom stereocenters. The zero-order chi connectivity index (χ0) is 29.0. The standard InChI is InChI=1S/C35H52N2O3S/c1-3-4-5-6-7-8-9-10-11-12-13-14-15-16-24-40-33-22-19-31(26-34(33)39-2)27-35(38)36-32-20-17-30(18-21-32)28-37-23-25-41-29-37/h17-23,25-26H,3-16,24,27-29H2,1-2H3,(H,36,38). The first-order valence-corrected chi connectivity index (χ1v) is 16.9. The molecule has 1 heterocycles. The fourth-order valence-corrected chi connectivity index (χ4v) is 5.86. The third kappa shape index (κ3) is 13.7. The van der Waals surface area contributed by atoms with Crippen LogP contribution in [-0.2, 0) is 17.8 Å². The molecule has 0 saturated carbocycles. The molecule has 3 rings (SSSR count). The fraction of sp³-hybridized carbons (Fsp3) is 0.571. The molecule has 6 heteroatoms. The van der Waals surface area contributed by atoms with Crippen molar-refractivity contribution in [2.24, 2.45) is 0 Å². The van der Waals surface area contributed by atoms with Crippen molar-refractivity contribution in [3.63, 3.8) is 0 Å². The number of carbonyl (C=O) groups is 1. The number of methoxy groups -OCH3 is 1. The van der Waals surface area contributed by atoms with Crippen molar-refractivity contribution >= 4 is 23.4 Å². The Morgan fingerprint density at radius 2 is 1.41 bits per heavy atom. The molecule has 5 nitrogen and oxygen atoms in total. The number of carbonyl (C=O) groups excluding carboxylic acids is 1. The molecule has 0 aliphatic carbocycles. The molecule has 0 unspecified atom stereocenters. The van der Waals surface area contributed by atoms with Crippen LogP contribution in [0, 0.1) is 0 Å². The number of hydrogen-bond donors (Lipinski definition) is 1. The fourth-order valence-electron chi connectivity index (χ4n) is 5.15. The predicted octanol–water partition coefficient (Wildman–Crippen LogP) is 9.71. The number of rotatable bonds is 22. The summed E-state index contributed by atoms with van der Waals surface area (Å²) < 4.78 is 11.6. The molecule has 1 N–H and O–H groups in total. The topological polar surface area (TPSA) is 50.8 Å². The summed E-state index contributed by atoms with van der Waals surface area (Å²) in [5.74, 6) is 2.37. The van der Waals surface area contributed by atoms with Gasteiger partial charge in [-0.1, -0.05) is 109 Å². The van der Waals surface area contributed by atoms with Crippen LogP contribution in [0.1, 0.15) is 108 Å². The van der Waals surface area contributed by atoms with E-state index in [1.54, 1.807) is 18.9 Å². The van der Waals surface area contributed by atoms with E-state index in [0.29, 0.717) is 12.4 Å². The lowest BCUT2D eigenvalue weighted by Crippen LogP contribution is -2.15. The number of nitrogens with zero attached hydrogens (tertiary/aromatic N) is 1. The molecule has 2 aromatic carbocycles. The minimum absolute atomic E-state index is 0.0465. The maximum absolute atomic E-state index is 12.7. The van der Waals surface area contributed by atoms with Gasteiger partial charge in [0.1, 0.15) is 0 Å². The van der Waals surface area contributed by atoms with Crippen LogP contribution >= 0.6 is 11.8 Å². The molecule has 226 valence electrons. The van der Waals surface area contributed by atoms with Gasteiger partial charge in [0.25, 0.3) is 0 Å². The van der Waals surface area contributed by atoms with Gasteiger partial charge in [0, 0.05) is 18.4 Å². The van der Waals surface area contributed by atoms with E-state index in [1.807, 2.05) is 30.3 Å². The van der Waals surface area contributed by atoms with E-state index < -0.39 is 0 Å². The minimum Gasteiger partial charge on any atom is -0.493 e. The van der Waals surface area contributed by atoms with Gasteiger partial charge >= 0.3 is 0 Å². The monoisotopic (exact) mass is 580 g/mol. The zero-order valence-electron chi connectivity index (χ0n) is 25.5. The van der Waals surface area contributed by atoms with Gasteiger partial charge in [0.05, 0.1) is 26.0 Å². The molecule has 2 aromatic rings. The summed E-state index contributed by atoms with van der Waals surface area (Å²) in [7, 11) is 1.65. The van der Waals surface area contributed by atoms with Crippen LogP contribution in [0.3, 0.4) is 0 Å². The largest absolute Gasteiger partial charge is 0.493 e. The SMILES string of the molecule is CCCCCCCCCCCCCCCCOc1ccc(CC(=O)Nc2ccc(CN3C=CSC3)cc2)cc1OC. The molecule has 0 fully saturated rings. The van der Waals surface area contributed by atoms with Crippen molar-refractivity contribution in [2.75, 3.05) is 24.9 Å². The van der Waals surface area contributed by atoms with E-state index in [1.165, 1.54) is 89.0 Å². The van der Waals surface area contributed by atoms with Crippen molar-refractivity contribution in [1.82, 2.24) is 4.90 Å². The molecule has 0 saturated heterocycles. The molecular weight excluding hydrogens is 528 g/mol. The number of nitrogens with one attached hydrogen (secondary N) is 1. The third-order valence-corrected chi connectivity index (χ3v) is 8.37. The second-order valence-corrected chi connectivity index (χ2v) is 12.0. The van der Waals surface area contributed by atoms with E-state index in [-0.39, 0.29) is 12.3 Å². The summed E-state index contributed by atoms with van der Waals surface area (Å²) in [6, 6.07) is 13.9. The van der Waals surface area contributed by atoms with Gasteiger partial charge in [-0.25, -0.2) is 0 Å². The highest BCUT2D eigenvalue weighted by Gasteiger charge is 2.10. The predicted molar refractivity (Wildman–Crippen MR) is 175 cm³/mol. The second-order valence-electron chi connectivity index (χ2n) is 11.2.